The summed E-state index contributed by atoms with van der Waals surface area (Å²) in [6.07, 6.45) is 0. The summed E-state index contributed by atoms with van der Waals surface area (Å²) in [5.41, 5.74) is 3.74. The molecule has 8 heteroatoms. The standard InChI is InChI=1S/C21H14BrClN4OS/c22-14-8-5-12(6-9-14)20(28)27-21(29)26-18-11-13(7-10-15(18)23)19-24-16-3-1-2-4-17(16)25-19/h1-11H,(H,24,25)(H2,26,27,28,29). The van der Waals surface area contributed by atoms with Crippen LogP contribution in [0.1, 0.15) is 10.4 Å². The van der Waals surface area contributed by atoms with Crippen LogP contribution in [0.5, 0.6) is 0 Å². The highest BCUT2D eigenvalue weighted by Gasteiger charge is 2.12. The molecule has 3 N–H and O–H groups in total. The molecule has 0 radical (unpaired) electrons. The van der Waals surface area contributed by atoms with Crippen LogP contribution in [-0.2, 0) is 0 Å². The van der Waals surface area contributed by atoms with Gasteiger partial charge in [-0.25, -0.2) is 4.98 Å². The van der Waals surface area contributed by atoms with Crippen molar-refractivity contribution in [2.75, 3.05) is 5.32 Å². The van der Waals surface area contributed by atoms with Gasteiger partial charge in [0.2, 0.25) is 0 Å². The number of anilines is 1. The second kappa shape index (κ2) is 8.32. The number of nitrogens with zero attached hydrogens (tertiary/aromatic N) is 1. The predicted octanol–water partition coefficient (Wildman–Crippen LogP) is 5.77. The molecule has 4 rings (SSSR count). The van der Waals surface area contributed by atoms with Crippen molar-refractivity contribution in [1.29, 1.82) is 0 Å². The van der Waals surface area contributed by atoms with E-state index in [0.29, 0.717) is 16.3 Å². The molecule has 29 heavy (non-hydrogen) atoms. The molecule has 4 aromatic rings. The lowest BCUT2D eigenvalue weighted by Crippen LogP contribution is -2.34. The van der Waals surface area contributed by atoms with Crippen molar-refractivity contribution < 1.29 is 4.79 Å². The zero-order valence-electron chi connectivity index (χ0n) is 14.9. The average molecular weight is 486 g/mol. The van der Waals surface area contributed by atoms with Crippen LogP contribution in [0.25, 0.3) is 22.4 Å². The average Bonchev–Trinajstić information content (AvgIpc) is 3.14. The van der Waals surface area contributed by atoms with Crippen molar-refractivity contribution in [1.82, 2.24) is 15.3 Å². The van der Waals surface area contributed by atoms with Gasteiger partial charge >= 0.3 is 0 Å². The first-order chi connectivity index (χ1) is 14.0. The summed E-state index contributed by atoms with van der Waals surface area (Å²) in [6.45, 7) is 0. The molecule has 1 amide bonds. The number of fused-ring (bicyclic) bond motifs is 1. The maximum absolute atomic E-state index is 12.3. The maximum atomic E-state index is 12.3. The molecule has 0 aliphatic heterocycles. The number of para-hydroxylation sites is 2. The van der Waals surface area contributed by atoms with E-state index < -0.39 is 0 Å². The number of aromatic nitrogens is 2. The van der Waals surface area contributed by atoms with Gasteiger partial charge in [-0.1, -0.05) is 39.7 Å². The van der Waals surface area contributed by atoms with Crippen molar-refractivity contribution in [3.63, 3.8) is 0 Å². The van der Waals surface area contributed by atoms with Crippen molar-refractivity contribution in [2.45, 2.75) is 0 Å². The van der Waals surface area contributed by atoms with E-state index in [0.717, 1.165) is 26.9 Å². The monoisotopic (exact) mass is 484 g/mol. The minimum absolute atomic E-state index is 0.154. The van der Waals surface area contributed by atoms with Crippen LogP contribution in [0.3, 0.4) is 0 Å². The van der Waals surface area contributed by atoms with Gasteiger partial charge < -0.3 is 10.3 Å². The Morgan fingerprint density at radius 1 is 1.07 bits per heavy atom. The minimum atomic E-state index is -0.306. The van der Waals surface area contributed by atoms with Gasteiger partial charge in [0.25, 0.3) is 5.91 Å². The number of carbonyl (C=O) groups excluding carboxylic acids is 1. The van der Waals surface area contributed by atoms with Gasteiger partial charge in [0.1, 0.15) is 5.82 Å². The van der Waals surface area contributed by atoms with E-state index in [1.807, 2.05) is 36.4 Å². The normalized spacial score (nSPS) is 10.7. The van der Waals surface area contributed by atoms with Gasteiger partial charge in [-0.15, -0.1) is 0 Å². The van der Waals surface area contributed by atoms with Crippen LogP contribution in [0.4, 0.5) is 5.69 Å². The molecular formula is C21H14BrClN4OS. The van der Waals surface area contributed by atoms with E-state index >= 15 is 0 Å². The van der Waals surface area contributed by atoms with E-state index in [-0.39, 0.29) is 11.0 Å². The summed E-state index contributed by atoms with van der Waals surface area (Å²) in [5, 5.41) is 6.27. The number of aromatic amines is 1. The highest BCUT2D eigenvalue weighted by molar-refractivity contribution is 9.10. The predicted molar refractivity (Wildman–Crippen MR) is 124 cm³/mol. The van der Waals surface area contributed by atoms with Gasteiger partial charge in [-0.2, -0.15) is 0 Å². The zero-order valence-corrected chi connectivity index (χ0v) is 18.0. The number of hydrogen-bond donors (Lipinski definition) is 3. The van der Waals surface area contributed by atoms with Crippen molar-refractivity contribution in [2.24, 2.45) is 0 Å². The van der Waals surface area contributed by atoms with Crippen LogP contribution in [-0.4, -0.2) is 21.0 Å². The number of nitrogens with one attached hydrogen (secondary N) is 3. The summed E-state index contributed by atoms with van der Waals surface area (Å²) in [7, 11) is 0. The Balaban J connectivity index is 1.52. The van der Waals surface area contributed by atoms with E-state index in [2.05, 4.69) is 36.5 Å². The van der Waals surface area contributed by atoms with Crippen LogP contribution in [0.2, 0.25) is 5.02 Å². The molecule has 0 unspecified atom stereocenters. The molecule has 144 valence electrons. The quantitative estimate of drug-likeness (QED) is 0.322. The van der Waals surface area contributed by atoms with Crippen molar-refractivity contribution in [3.05, 3.63) is 81.8 Å². The smallest absolute Gasteiger partial charge is 0.257 e. The van der Waals surface area contributed by atoms with Gasteiger partial charge in [0, 0.05) is 15.6 Å². The van der Waals surface area contributed by atoms with E-state index in [4.69, 9.17) is 23.8 Å². The number of benzene rings is 3. The third-order valence-corrected chi connectivity index (χ3v) is 5.27. The lowest BCUT2D eigenvalue weighted by atomic mass is 10.2. The minimum Gasteiger partial charge on any atom is -0.338 e. The summed E-state index contributed by atoms with van der Waals surface area (Å²) in [5.74, 6) is 0.412. The molecule has 0 aliphatic carbocycles. The van der Waals surface area contributed by atoms with Gasteiger partial charge in [-0.3, -0.25) is 10.1 Å². The van der Waals surface area contributed by atoms with E-state index in [1.54, 1.807) is 30.3 Å². The van der Waals surface area contributed by atoms with E-state index in [1.165, 1.54) is 0 Å². The molecule has 1 aromatic heterocycles. The Labute approximate surface area is 185 Å². The largest absolute Gasteiger partial charge is 0.338 e. The molecule has 0 aliphatic rings. The fourth-order valence-electron chi connectivity index (χ4n) is 2.79. The number of halogens is 2. The van der Waals surface area contributed by atoms with Crippen molar-refractivity contribution in [3.8, 4) is 11.4 Å². The number of rotatable bonds is 3. The van der Waals surface area contributed by atoms with Gasteiger partial charge in [-0.05, 0) is 66.8 Å². The molecular weight excluding hydrogens is 472 g/mol. The SMILES string of the molecule is O=C(NC(=S)Nc1cc(-c2nc3ccccc3[nH]2)ccc1Cl)c1ccc(Br)cc1. The summed E-state index contributed by atoms with van der Waals surface area (Å²) in [4.78, 5) is 20.2. The first-order valence-corrected chi connectivity index (χ1v) is 10.2. The summed E-state index contributed by atoms with van der Waals surface area (Å²) >= 11 is 14.9. The maximum Gasteiger partial charge on any atom is 0.257 e. The summed E-state index contributed by atoms with van der Waals surface area (Å²) in [6, 6.07) is 20.2. The Kier molecular flexibility index (Phi) is 5.62. The highest BCUT2D eigenvalue weighted by Crippen LogP contribution is 2.28. The Bertz CT molecular complexity index is 1190. The number of hydrogen-bond acceptors (Lipinski definition) is 3. The van der Waals surface area contributed by atoms with Crippen LogP contribution in [0.15, 0.2) is 71.2 Å². The first kappa shape index (κ1) is 19.6. The second-order valence-corrected chi connectivity index (χ2v) is 7.94. The van der Waals surface area contributed by atoms with Gasteiger partial charge in [0.15, 0.2) is 5.11 Å². The molecule has 0 bridgehead atoms. The number of amides is 1. The van der Waals surface area contributed by atoms with Crippen LogP contribution < -0.4 is 10.6 Å². The first-order valence-electron chi connectivity index (χ1n) is 8.62. The molecule has 0 fully saturated rings. The zero-order chi connectivity index (χ0) is 20.4. The van der Waals surface area contributed by atoms with Crippen LogP contribution >= 0.6 is 39.7 Å². The number of imidazole rings is 1. The Morgan fingerprint density at radius 3 is 2.59 bits per heavy atom. The topological polar surface area (TPSA) is 69.8 Å². The van der Waals surface area contributed by atoms with Crippen LogP contribution in [0, 0.1) is 0 Å². The third kappa shape index (κ3) is 4.48. The van der Waals surface area contributed by atoms with Crippen molar-refractivity contribution >= 4 is 67.5 Å². The molecule has 5 nitrogen and oxygen atoms in total. The molecule has 1 heterocycles. The number of carbonyl (C=O) groups is 1. The fraction of sp³-hybridized carbons (Fsp3) is 0. The second-order valence-electron chi connectivity index (χ2n) is 6.21. The fourth-order valence-corrected chi connectivity index (χ4v) is 3.42. The molecule has 0 saturated heterocycles. The number of H-pyrrole nitrogens is 1. The molecule has 0 spiro atoms. The summed E-state index contributed by atoms with van der Waals surface area (Å²) < 4.78 is 0.893. The molecule has 0 saturated carbocycles. The highest BCUT2D eigenvalue weighted by atomic mass is 79.9. The van der Waals surface area contributed by atoms with Gasteiger partial charge in [0.05, 0.1) is 21.7 Å². The third-order valence-electron chi connectivity index (χ3n) is 4.21. The Morgan fingerprint density at radius 2 is 1.83 bits per heavy atom. The lowest BCUT2D eigenvalue weighted by Gasteiger charge is -2.12. The lowest BCUT2D eigenvalue weighted by molar-refractivity contribution is 0.0977. The molecule has 3 aromatic carbocycles. The number of thiocarbonyl (C=S) groups is 1. The Hall–Kier alpha value is -2.74. The van der Waals surface area contributed by atoms with E-state index in [9.17, 15) is 4.79 Å². The molecule has 0 atom stereocenters.